The number of nitrogens with one attached hydrogen (secondary N) is 1. The normalized spacial score (nSPS) is 10.2. The lowest BCUT2D eigenvalue weighted by Gasteiger charge is -2.21. The van der Waals surface area contributed by atoms with Crippen LogP contribution >= 0.6 is 0 Å². The van der Waals surface area contributed by atoms with Crippen LogP contribution in [0.1, 0.15) is 25.0 Å². The van der Waals surface area contributed by atoms with E-state index < -0.39 is 0 Å². The standard InChI is InChI=1S/C19H22N2O2/c1-3-17-11-7-8-12-18(17)20-19(23)14-21(15(2)22)13-16-9-5-4-6-10-16/h4-12H,3,13-14H2,1-2H3,(H,20,23). The minimum atomic E-state index is -0.183. The molecular formula is C19H22N2O2. The number of anilines is 1. The van der Waals surface area contributed by atoms with Gasteiger partial charge in [-0.2, -0.15) is 0 Å². The zero-order chi connectivity index (χ0) is 16.7. The average Bonchev–Trinajstić information content (AvgIpc) is 2.55. The Kier molecular flexibility index (Phi) is 5.92. The minimum absolute atomic E-state index is 0.0439. The van der Waals surface area contributed by atoms with Crippen molar-refractivity contribution in [2.24, 2.45) is 0 Å². The molecule has 2 amide bonds. The van der Waals surface area contributed by atoms with Gasteiger partial charge in [0, 0.05) is 19.2 Å². The molecule has 0 aliphatic rings. The van der Waals surface area contributed by atoms with Crippen molar-refractivity contribution in [2.75, 3.05) is 11.9 Å². The fourth-order valence-corrected chi connectivity index (χ4v) is 2.40. The summed E-state index contributed by atoms with van der Waals surface area (Å²) in [6.07, 6.45) is 0.844. The molecule has 2 rings (SSSR count). The monoisotopic (exact) mass is 310 g/mol. The summed E-state index contributed by atoms with van der Waals surface area (Å²) >= 11 is 0. The zero-order valence-corrected chi connectivity index (χ0v) is 13.6. The van der Waals surface area contributed by atoms with E-state index in [9.17, 15) is 9.59 Å². The number of hydrogen-bond acceptors (Lipinski definition) is 2. The minimum Gasteiger partial charge on any atom is -0.329 e. The molecule has 0 fully saturated rings. The van der Waals surface area contributed by atoms with Crippen molar-refractivity contribution in [1.82, 2.24) is 4.90 Å². The highest BCUT2D eigenvalue weighted by Gasteiger charge is 2.15. The van der Waals surface area contributed by atoms with Crippen LogP contribution in [0.5, 0.6) is 0 Å². The predicted molar refractivity (Wildman–Crippen MR) is 92.0 cm³/mol. The van der Waals surface area contributed by atoms with E-state index in [0.717, 1.165) is 23.2 Å². The third kappa shape index (κ3) is 4.95. The topological polar surface area (TPSA) is 49.4 Å². The number of carbonyl (C=O) groups excluding carboxylic acids is 2. The van der Waals surface area contributed by atoms with Crippen molar-refractivity contribution in [3.05, 3.63) is 65.7 Å². The van der Waals surface area contributed by atoms with E-state index in [4.69, 9.17) is 0 Å². The lowest BCUT2D eigenvalue weighted by Crippen LogP contribution is -2.36. The van der Waals surface area contributed by atoms with Crippen LogP contribution in [-0.4, -0.2) is 23.3 Å². The Labute approximate surface area is 137 Å². The van der Waals surface area contributed by atoms with Crippen LogP contribution in [0.4, 0.5) is 5.69 Å². The number of nitrogens with zero attached hydrogens (tertiary/aromatic N) is 1. The van der Waals surface area contributed by atoms with Crippen LogP contribution in [0.25, 0.3) is 0 Å². The van der Waals surface area contributed by atoms with Crippen LogP contribution in [0.2, 0.25) is 0 Å². The van der Waals surface area contributed by atoms with Crippen molar-refractivity contribution in [3.8, 4) is 0 Å². The van der Waals surface area contributed by atoms with Gasteiger partial charge >= 0.3 is 0 Å². The van der Waals surface area contributed by atoms with Crippen molar-refractivity contribution < 1.29 is 9.59 Å². The Balaban J connectivity index is 2.02. The van der Waals surface area contributed by atoms with Crippen molar-refractivity contribution in [1.29, 1.82) is 0 Å². The molecule has 4 nitrogen and oxygen atoms in total. The molecule has 0 heterocycles. The predicted octanol–water partition coefficient (Wildman–Crippen LogP) is 3.24. The second kappa shape index (κ2) is 8.13. The molecule has 0 aromatic heterocycles. The summed E-state index contributed by atoms with van der Waals surface area (Å²) < 4.78 is 0. The number of benzene rings is 2. The molecule has 1 N–H and O–H groups in total. The summed E-state index contributed by atoms with van der Waals surface area (Å²) in [5.41, 5.74) is 2.89. The SMILES string of the molecule is CCc1ccccc1NC(=O)CN(Cc1ccccc1)C(C)=O. The Morgan fingerprint density at radius 1 is 1.00 bits per heavy atom. The molecule has 0 aliphatic carbocycles. The maximum absolute atomic E-state index is 12.3. The molecule has 2 aromatic carbocycles. The van der Waals surface area contributed by atoms with Gasteiger partial charge in [0.2, 0.25) is 11.8 Å². The number of carbonyl (C=O) groups is 2. The van der Waals surface area contributed by atoms with Crippen LogP contribution in [0.15, 0.2) is 54.6 Å². The molecule has 0 atom stereocenters. The summed E-state index contributed by atoms with van der Waals surface area (Å²) in [6, 6.07) is 17.4. The van der Waals surface area contributed by atoms with Gasteiger partial charge in [-0.15, -0.1) is 0 Å². The largest absolute Gasteiger partial charge is 0.329 e. The Bertz CT molecular complexity index is 668. The maximum Gasteiger partial charge on any atom is 0.244 e. The number of amides is 2. The summed E-state index contributed by atoms with van der Waals surface area (Å²) in [5, 5.41) is 2.90. The second-order valence-electron chi connectivity index (χ2n) is 5.42. The van der Waals surface area contributed by atoms with E-state index in [2.05, 4.69) is 5.32 Å². The van der Waals surface area contributed by atoms with Crippen LogP contribution in [0.3, 0.4) is 0 Å². The van der Waals surface area contributed by atoms with E-state index in [0.29, 0.717) is 6.54 Å². The molecule has 4 heteroatoms. The van der Waals surface area contributed by atoms with Gasteiger partial charge in [0.15, 0.2) is 0 Å². The highest BCUT2D eigenvalue weighted by atomic mass is 16.2. The van der Waals surface area contributed by atoms with Crippen molar-refractivity contribution in [3.63, 3.8) is 0 Å². The van der Waals surface area contributed by atoms with E-state index in [1.54, 1.807) is 4.90 Å². The molecule has 0 aliphatic heterocycles. The maximum atomic E-state index is 12.3. The summed E-state index contributed by atoms with van der Waals surface area (Å²) in [7, 11) is 0. The lowest BCUT2D eigenvalue weighted by atomic mass is 10.1. The molecule has 0 saturated carbocycles. The summed E-state index contributed by atoms with van der Waals surface area (Å²) in [5.74, 6) is -0.301. The summed E-state index contributed by atoms with van der Waals surface area (Å²) in [6.45, 7) is 4.00. The van der Waals surface area contributed by atoms with Crippen LogP contribution < -0.4 is 5.32 Å². The average molecular weight is 310 g/mol. The first-order valence-corrected chi connectivity index (χ1v) is 7.77. The fourth-order valence-electron chi connectivity index (χ4n) is 2.40. The van der Waals surface area contributed by atoms with Crippen molar-refractivity contribution in [2.45, 2.75) is 26.8 Å². The third-order valence-corrected chi connectivity index (χ3v) is 3.67. The van der Waals surface area contributed by atoms with E-state index >= 15 is 0 Å². The second-order valence-corrected chi connectivity index (χ2v) is 5.42. The van der Waals surface area contributed by atoms with Gasteiger partial charge in [0.05, 0.1) is 0 Å². The zero-order valence-electron chi connectivity index (χ0n) is 13.6. The number of aryl methyl sites for hydroxylation is 1. The molecule has 0 bridgehead atoms. The molecule has 23 heavy (non-hydrogen) atoms. The molecular weight excluding hydrogens is 288 g/mol. The van der Waals surface area contributed by atoms with Gasteiger partial charge in [0.1, 0.15) is 6.54 Å². The Morgan fingerprint density at radius 3 is 2.30 bits per heavy atom. The van der Waals surface area contributed by atoms with Gasteiger partial charge < -0.3 is 10.2 Å². The highest BCUT2D eigenvalue weighted by Crippen LogP contribution is 2.15. The highest BCUT2D eigenvalue weighted by molar-refractivity contribution is 5.94. The fraction of sp³-hybridized carbons (Fsp3) is 0.263. The first kappa shape index (κ1) is 16.7. The smallest absolute Gasteiger partial charge is 0.244 e. The molecule has 0 spiro atoms. The van der Waals surface area contributed by atoms with Gasteiger partial charge in [-0.05, 0) is 23.6 Å². The van der Waals surface area contributed by atoms with E-state index in [1.165, 1.54) is 6.92 Å². The first-order valence-electron chi connectivity index (χ1n) is 7.77. The third-order valence-electron chi connectivity index (χ3n) is 3.67. The molecule has 120 valence electrons. The Morgan fingerprint density at radius 2 is 1.65 bits per heavy atom. The van der Waals surface area contributed by atoms with Crippen molar-refractivity contribution >= 4 is 17.5 Å². The number of para-hydroxylation sites is 1. The molecule has 0 saturated heterocycles. The van der Waals surface area contributed by atoms with E-state index in [1.807, 2.05) is 61.5 Å². The van der Waals surface area contributed by atoms with Gasteiger partial charge in [-0.3, -0.25) is 9.59 Å². The lowest BCUT2D eigenvalue weighted by molar-refractivity contribution is -0.133. The summed E-state index contributed by atoms with van der Waals surface area (Å²) in [4.78, 5) is 25.6. The molecule has 0 unspecified atom stereocenters. The van der Waals surface area contributed by atoms with Gasteiger partial charge in [0.25, 0.3) is 0 Å². The number of hydrogen-bond donors (Lipinski definition) is 1. The van der Waals surface area contributed by atoms with E-state index in [-0.39, 0.29) is 18.4 Å². The van der Waals surface area contributed by atoms with Gasteiger partial charge in [-0.1, -0.05) is 55.5 Å². The molecule has 0 radical (unpaired) electrons. The first-order chi connectivity index (χ1) is 11.1. The quantitative estimate of drug-likeness (QED) is 0.890. The number of rotatable bonds is 6. The molecule has 2 aromatic rings. The van der Waals surface area contributed by atoms with Gasteiger partial charge in [-0.25, -0.2) is 0 Å². The Hall–Kier alpha value is -2.62. The van der Waals surface area contributed by atoms with Crippen LogP contribution in [0, 0.1) is 0 Å². The van der Waals surface area contributed by atoms with Crippen LogP contribution in [-0.2, 0) is 22.6 Å².